The first kappa shape index (κ1) is 15.3. The van der Waals surface area contributed by atoms with Gasteiger partial charge in [0, 0.05) is 11.6 Å². The molecule has 8 heteroatoms. The Morgan fingerprint density at radius 1 is 1.24 bits per heavy atom. The molecule has 1 amide bonds. The van der Waals surface area contributed by atoms with E-state index >= 15 is 0 Å². The van der Waals surface area contributed by atoms with Crippen molar-refractivity contribution in [1.82, 2.24) is 4.90 Å². The molecule has 0 spiro atoms. The summed E-state index contributed by atoms with van der Waals surface area (Å²) >= 11 is 0. The van der Waals surface area contributed by atoms with Gasteiger partial charge in [-0.25, -0.2) is 8.42 Å². The van der Waals surface area contributed by atoms with Crippen LogP contribution < -0.4 is 0 Å². The van der Waals surface area contributed by atoms with E-state index in [2.05, 4.69) is 0 Å². The quantitative estimate of drug-likeness (QED) is 0.815. The number of rotatable bonds is 4. The lowest BCUT2D eigenvalue weighted by molar-refractivity contribution is -0.138. The number of benzene rings is 1. The van der Waals surface area contributed by atoms with Crippen LogP contribution in [0.3, 0.4) is 0 Å². The van der Waals surface area contributed by atoms with E-state index in [9.17, 15) is 23.1 Å². The van der Waals surface area contributed by atoms with Gasteiger partial charge in [0.15, 0.2) is 9.84 Å². The number of aliphatic carboxylic acids is 1. The molecule has 7 nitrogen and oxygen atoms in total. The molecule has 1 atom stereocenters. The van der Waals surface area contributed by atoms with E-state index in [0.29, 0.717) is 0 Å². The predicted octanol–water partition coefficient (Wildman–Crippen LogP) is 0.106. The summed E-state index contributed by atoms with van der Waals surface area (Å²) in [7, 11) is -3.23. The average molecular weight is 313 g/mol. The molecular formula is C13H15NO6S. The summed E-state index contributed by atoms with van der Waals surface area (Å²) in [6, 6.07) is 4.74. The number of nitrogens with zero attached hydrogens (tertiary/aromatic N) is 1. The van der Waals surface area contributed by atoms with Gasteiger partial charge in [0.1, 0.15) is 12.3 Å². The van der Waals surface area contributed by atoms with Crippen molar-refractivity contribution in [3.05, 3.63) is 29.8 Å². The van der Waals surface area contributed by atoms with Gasteiger partial charge >= 0.3 is 5.97 Å². The van der Waals surface area contributed by atoms with Crippen LogP contribution in [0.1, 0.15) is 16.8 Å². The van der Waals surface area contributed by atoms with Gasteiger partial charge in [0.05, 0.1) is 11.5 Å². The van der Waals surface area contributed by atoms with Crippen molar-refractivity contribution in [2.75, 3.05) is 18.1 Å². The Morgan fingerprint density at radius 2 is 1.86 bits per heavy atom. The summed E-state index contributed by atoms with van der Waals surface area (Å²) in [6.45, 7) is -0.556. The number of phenolic OH excluding ortho intramolecular Hbond substituents is 1. The molecule has 0 bridgehead atoms. The minimum atomic E-state index is -3.23. The van der Waals surface area contributed by atoms with E-state index in [1.807, 2.05) is 0 Å². The number of hydrogen-bond acceptors (Lipinski definition) is 5. The zero-order chi connectivity index (χ0) is 15.6. The predicted molar refractivity (Wildman–Crippen MR) is 73.8 cm³/mol. The Balaban J connectivity index is 2.25. The molecule has 1 aliphatic heterocycles. The van der Waals surface area contributed by atoms with Gasteiger partial charge in [-0.1, -0.05) is 0 Å². The molecule has 1 fully saturated rings. The first-order valence-corrected chi connectivity index (χ1v) is 8.13. The lowest BCUT2D eigenvalue weighted by Crippen LogP contribution is -2.44. The summed E-state index contributed by atoms with van der Waals surface area (Å²) in [6.07, 6.45) is 0.236. The number of phenols is 1. The number of aromatic hydroxyl groups is 1. The van der Waals surface area contributed by atoms with E-state index < -0.39 is 34.3 Å². The van der Waals surface area contributed by atoms with Crippen molar-refractivity contribution < 1.29 is 28.2 Å². The number of carbonyl (C=O) groups is 2. The molecule has 2 N–H and O–H groups in total. The van der Waals surface area contributed by atoms with Crippen LogP contribution in [0.4, 0.5) is 0 Å². The van der Waals surface area contributed by atoms with Crippen molar-refractivity contribution in [1.29, 1.82) is 0 Å². The number of carbonyl (C=O) groups excluding carboxylic acids is 1. The van der Waals surface area contributed by atoms with Crippen LogP contribution in [0.2, 0.25) is 0 Å². The van der Waals surface area contributed by atoms with E-state index in [1.165, 1.54) is 24.3 Å². The molecule has 1 aromatic rings. The number of carboxylic acids is 1. The van der Waals surface area contributed by atoms with Crippen LogP contribution in [0.15, 0.2) is 24.3 Å². The fourth-order valence-electron chi connectivity index (χ4n) is 2.30. The molecule has 1 saturated heterocycles. The van der Waals surface area contributed by atoms with E-state index in [1.54, 1.807) is 0 Å². The normalized spacial score (nSPS) is 20.1. The summed E-state index contributed by atoms with van der Waals surface area (Å²) in [5.41, 5.74) is 0.207. The molecule has 1 unspecified atom stereocenters. The molecule has 0 saturated carbocycles. The van der Waals surface area contributed by atoms with Crippen molar-refractivity contribution in [2.24, 2.45) is 0 Å². The summed E-state index contributed by atoms with van der Waals surface area (Å²) in [4.78, 5) is 24.4. The minimum Gasteiger partial charge on any atom is -0.508 e. The maximum absolute atomic E-state index is 12.4. The van der Waals surface area contributed by atoms with E-state index in [0.717, 1.165) is 4.90 Å². The Morgan fingerprint density at radius 3 is 2.33 bits per heavy atom. The molecule has 1 aromatic carbocycles. The maximum Gasteiger partial charge on any atom is 0.323 e. The standard InChI is InChI=1S/C13H15NO6S/c15-11-3-1-9(2-4-11)13(18)14(7-12(16)17)10-5-6-21(19,20)8-10/h1-4,10,15H,5-8H2,(H,16,17). The van der Waals surface area contributed by atoms with Gasteiger partial charge in [0.2, 0.25) is 0 Å². The number of hydrogen-bond donors (Lipinski definition) is 2. The van der Waals surface area contributed by atoms with Crippen LogP contribution in [0, 0.1) is 0 Å². The van der Waals surface area contributed by atoms with Gasteiger partial charge in [-0.3, -0.25) is 9.59 Å². The number of carboxylic acid groups (broad SMARTS) is 1. The van der Waals surface area contributed by atoms with Gasteiger partial charge in [-0.15, -0.1) is 0 Å². The Labute approximate surface area is 121 Å². The van der Waals surface area contributed by atoms with E-state index in [4.69, 9.17) is 5.11 Å². The molecule has 114 valence electrons. The first-order chi connectivity index (χ1) is 9.78. The summed E-state index contributed by atoms with van der Waals surface area (Å²) in [5.74, 6) is -2.04. The topological polar surface area (TPSA) is 112 Å². The molecule has 0 aliphatic carbocycles. The second kappa shape index (κ2) is 5.72. The first-order valence-electron chi connectivity index (χ1n) is 6.31. The van der Waals surface area contributed by atoms with E-state index in [-0.39, 0.29) is 29.2 Å². The van der Waals surface area contributed by atoms with Gasteiger partial charge in [-0.2, -0.15) is 0 Å². The van der Waals surface area contributed by atoms with Gasteiger partial charge < -0.3 is 15.1 Å². The average Bonchev–Trinajstić information content (AvgIpc) is 2.76. The highest BCUT2D eigenvalue weighted by Crippen LogP contribution is 2.20. The van der Waals surface area contributed by atoms with Crippen molar-refractivity contribution >= 4 is 21.7 Å². The second-order valence-electron chi connectivity index (χ2n) is 4.93. The Bertz CT molecular complexity index is 652. The highest BCUT2D eigenvalue weighted by atomic mass is 32.2. The SMILES string of the molecule is O=C(O)CN(C(=O)c1ccc(O)cc1)C1CCS(=O)(=O)C1. The van der Waals surface area contributed by atoms with Crippen LogP contribution in [-0.4, -0.2) is 59.5 Å². The zero-order valence-electron chi connectivity index (χ0n) is 11.1. The molecule has 1 heterocycles. The fraction of sp³-hybridized carbons (Fsp3) is 0.385. The molecule has 1 aliphatic rings. The minimum absolute atomic E-state index is 0.0141. The van der Waals surface area contributed by atoms with Crippen LogP contribution in [0.5, 0.6) is 5.75 Å². The molecule has 2 rings (SSSR count). The van der Waals surface area contributed by atoms with Crippen molar-refractivity contribution in [3.8, 4) is 5.75 Å². The lowest BCUT2D eigenvalue weighted by atomic mass is 10.1. The molecule has 21 heavy (non-hydrogen) atoms. The van der Waals surface area contributed by atoms with Crippen LogP contribution in [-0.2, 0) is 14.6 Å². The third-order valence-electron chi connectivity index (χ3n) is 3.33. The lowest BCUT2D eigenvalue weighted by Gasteiger charge is -2.26. The molecular weight excluding hydrogens is 298 g/mol. The van der Waals surface area contributed by atoms with Crippen molar-refractivity contribution in [3.63, 3.8) is 0 Å². The maximum atomic E-state index is 12.4. The van der Waals surface area contributed by atoms with Crippen molar-refractivity contribution in [2.45, 2.75) is 12.5 Å². The highest BCUT2D eigenvalue weighted by molar-refractivity contribution is 7.91. The molecule has 0 radical (unpaired) electrons. The highest BCUT2D eigenvalue weighted by Gasteiger charge is 2.35. The fourth-order valence-corrected chi connectivity index (χ4v) is 4.03. The number of amides is 1. The Hall–Kier alpha value is -2.09. The van der Waals surface area contributed by atoms with Crippen LogP contribution >= 0.6 is 0 Å². The smallest absolute Gasteiger partial charge is 0.323 e. The summed E-state index contributed by atoms with van der Waals surface area (Å²) in [5, 5.41) is 18.1. The zero-order valence-corrected chi connectivity index (χ0v) is 11.9. The summed E-state index contributed by atoms with van der Waals surface area (Å²) < 4.78 is 23.0. The third-order valence-corrected chi connectivity index (χ3v) is 5.08. The second-order valence-corrected chi connectivity index (χ2v) is 7.16. The molecule has 0 aromatic heterocycles. The van der Waals surface area contributed by atoms with Gasteiger partial charge in [0.25, 0.3) is 5.91 Å². The number of sulfone groups is 1. The third kappa shape index (κ3) is 3.72. The van der Waals surface area contributed by atoms with Gasteiger partial charge in [-0.05, 0) is 30.7 Å². The Kier molecular flexibility index (Phi) is 4.17. The van der Waals surface area contributed by atoms with Crippen LogP contribution in [0.25, 0.3) is 0 Å². The monoisotopic (exact) mass is 313 g/mol. The largest absolute Gasteiger partial charge is 0.508 e.